The molecule has 0 amide bonds. The Kier molecular flexibility index (Phi) is 5.71. The summed E-state index contributed by atoms with van der Waals surface area (Å²) in [6.07, 6.45) is 0. The summed E-state index contributed by atoms with van der Waals surface area (Å²) in [5.74, 6) is -5.46. The van der Waals surface area contributed by atoms with Crippen molar-refractivity contribution in [2.45, 2.75) is 0 Å². The maximum Gasteiger partial charge on any atom is 0.335 e. The zero-order chi connectivity index (χ0) is 18.4. The van der Waals surface area contributed by atoms with E-state index in [0.29, 0.717) is 0 Å². The second-order valence-corrected chi connectivity index (χ2v) is 4.36. The van der Waals surface area contributed by atoms with Crippen molar-refractivity contribution in [2.24, 2.45) is 0 Å². The molecule has 0 aliphatic heterocycles. The van der Waals surface area contributed by atoms with Crippen LogP contribution in [0.1, 0.15) is 31.1 Å². The molecule has 0 atom stereocenters. The normalized spacial score (nSPS) is 9.50. The number of rotatable bonds is 3. The maximum atomic E-state index is 10.3. The van der Waals surface area contributed by atoms with E-state index in [9.17, 15) is 14.4 Å². The molecule has 126 valence electrons. The molecular weight excluding hydrogens is 324 g/mol. The Morgan fingerprint density at radius 2 is 0.875 bits per heavy atom. The van der Waals surface area contributed by atoms with Crippen molar-refractivity contribution in [2.75, 3.05) is 0 Å². The summed E-state index contributed by atoms with van der Waals surface area (Å²) in [5.41, 5.74) is -0.122. The highest BCUT2D eigenvalue weighted by Gasteiger charge is 2.11. The standard InChI is InChI=1S/C8H6O4.C7H6O5/c9-7(10)5-1-2-6(4-3-5)8(11)12;8-4-1-3(7(11)12)2-5(9)6(4)10/h1-4H,(H,9,10)(H,11,12);1-2,8-10H,(H,11,12). The molecule has 9 heteroatoms. The van der Waals surface area contributed by atoms with Crippen molar-refractivity contribution in [3.05, 3.63) is 53.1 Å². The average Bonchev–Trinajstić information content (AvgIpc) is 2.52. The summed E-state index contributed by atoms with van der Waals surface area (Å²) in [6.45, 7) is 0. The molecule has 2 aromatic rings. The molecule has 0 saturated carbocycles. The monoisotopic (exact) mass is 336 g/mol. The van der Waals surface area contributed by atoms with Gasteiger partial charge in [0.15, 0.2) is 17.2 Å². The van der Waals surface area contributed by atoms with Crippen LogP contribution in [0.2, 0.25) is 0 Å². The first-order chi connectivity index (χ1) is 11.1. The molecule has 0 bridgehead atoms. The molecule has 6 N–H and O–H groups in total. The van der Waals surface area contributed by atoms with E-state index in [1.807, 2.05) is 0 Å². The van der Waals surface area contributed by atoms with Crippen LogP contribution in [-0.2, 0) is 0 Å². The fourth-order valence-electron chi connectivity index (χ4n) is 1.48. The van der Waals surface area contributed by atoms with Gasteiger partial charge in [-0.05, 0) is 36.4 Å². The molecule has 0 aliphatic carbocycles. The lowest BCUT2D eigenvalue weighted by atomic mass is 10.1. The maximum absolute atomic E-state index is 10.3. The lowest BCUT2D eigenvalue weighted by molar-refractivity contribution is 0.0681. The highest BCUT2D eigenvalue weighted by Crippen LogP contribution is 2.35. The summed E-state index contributed by atoms with van der Waals surface area (Å²) in [5, 5.41) is 51.9. The predicted octanol–water partition coefficient (Wildman–Crippen LogP) is 1.58. The Bertz CT molecular complexity index is 722. The molecule has 0 fully saturated rings. The van der Waals surface area contributed by atoms with Gasteiger partial charge < -0.3 is 30.6 Å². The molecule has 2 rings (SSSR count). The summed E-state index contributed by atoms with van der Waals surface area (Å²) < 4.78 is 0. The van der Waals surface area contributed by atoms with Gasteiger partial charge >= 0.3 is 17.9 Å². The Labute approximate surface area is 134 Å². The zero-order valence-electron chi connectivity index (χ0n) is 11.9. The van der Waals surface area contributed by atoms with Crippen molar-refractivity contribution >= 4 is 17.9 Å². The van der Waals surface area contributed by atoms with Gasteiger partial charge in [-0.25, -0.2) is 14.4 Å². The van der Waals surface area contributed by atoms with Crippen molar-refractivity contribution in [3.63, 3.8) is 0 Å². The molecule has 2 aromatic carbocycles. The second kappa shape index (κ2) is 7.49. The number of carboxylic acids is 3. The molecule has 0 heterocycles. The van der Waals surface area contributed by atoms with E-state index in [2.05, 4.69) is 0 Å². The third-order valence-electron chi connectivity index (χ3n) is 2.70. The predicted molar refractivity (Wildman–Crippen MR) is 78.8 cm³/mol. The molecular formula is C15H12O9. The van der Waals surface area contributed by atoms with Crippen LogP contribution in [0.15, 0.2) is 36.4 Å². The topological polar surface area (TPSA) is 173 Å². The van der Waals surface area contributed by atoms with Crippen molar-refractivity contribution in [1.29, 1.82) is 0 Å². The van der Waals surface area contributed by atoms with Gasteiger partial charge in [-0.3, -0.25) is 0 Å². The summed E-state index contributed by atoms with van der Waals surface area (Å²) >= 11 is 0. The third-order valence-corrected chi connectivity index (χ3v) is 2.70. The van der Waals surface area contributed by atoms with Gasteiger partial charge in [-0.1, -0.05) is 0 Å². The Morgan fingerprint density at radius 3 is 1.12 bits per heavy atom. The number of phenolic OH excluding ortho intramolecular Hbond substituents is 3. The molecule has 0 spiro atoms. The summed E-state index contributed by atoms with van der Waals surface area (Å²) in [6, 6.07) is 6.71. The first-order valence-electron chi connectivity index (χ1n) is 6.18. The van der Waals surface area contributed by atoms with Crippen LogP contribution in [0.4, 0.5) is 0 Å². The fourth-order valence-corrected chi connectivity index (χ4v) is 1.48. The summed E-state index contributed by atoms with van der Waals surface area (Å²) in [7, 11) is 0. The number of aromatic hydroxyl groups is 3. The van der Waals surface area contributed by atoms with Crippen LogP contribution in [0.5, 0.6) is 17.2 Å². The minimum atomic E-state index is -1.29. The molecule has 0 unspecified atom stereocenters. The number of hydrogen-bond donors (Lipinski definition) is 6. The van der Waals surface area contributed by atoms with E-state index < -0.39 is 35.2 Å². The Hall–Kier alpha value is -3.75. The van der Waals surface area contributed by atoms with E-state index in [-0.39, 0.29) is 16.7 Å². The van der Waals surface area contributed by atoms with Crippen molar-refractivity contribution < 1.29 is 45.0 Å². The molecule has 24 heavy (non-hydrogen) atoms. The fraction of sp³-hybridized carbons (Fsp3) is 0. The number of aromatic carboxylic acids is 3. The van der Waals surface area contributed by atoms with E-state index in [1.54, 1.807) is 0 Å². The van der Waals surface area contributed by atoms with Crippen LogP contribution in [0, 0.1) is 0 Å². The molecule has 0 aliphatic rings. The summed E-state index contributed by atoms with van der Waals surface area (Å²) in [4.78, 5) is 31.0. The van der Waals surface area contributed by atoms with Gasteiger partial charge in [-0.15, -0.1) is 0 Å². The first kappa shape index (κ1) is 18.3. The number of carbonyl (C=O) groups is 3. The van der Waals surface area contributed by atoms with Gasteiger partial charge in [0.2, 0.25) is 0 Å². The molecule has 9 nitrogen and oxygen atoms in total. The number of hydrogen-bond acceptors (Lipinski definition) is 6. The molecule has 0 saturated heterocycles. The lowest BCUT2D eigenvalue weighted by Gasteiger charge is -2.01. The van der Waals surface area contributed by atoms with Gasteiger partial charge in [-0.2, -0.15) is 0 Å². The van der Waals surface area contributed by atoms with E-state index in [0.717, 1.165) is 12.1 Å². The molecule has 0 radical (unpaired) electrons. The van der Waals surface area contributed by atoms with Crippen molar-refractivity contribution in [1.82, 2.24) is 0 Å². The van der Waals surface area contributed by atoms with Crippen LogP contribution >= 0.6 is 0 Å². The van der Waals surface area contributed by atoms with Crippen LogP contribution < -0.4 is 0 Å². The first-order valence-corrected chi connectivity index (χ1v) is 6.18. The highest BCUT2D eigenvalue weighted by molar-refractivity contribution is 5.91. The Balaban J connectivity index is 0.000000240. The number of benzene rings is 2. The van der Waals surface area contributed by atoms with E-state index >= 15 is 0 Å². The quantitative estimate of drug-likeness (QED) is 0.455. The van der Waals surface area contributed by atoms with Gasteiger partial charge in [0, 0.05) is 0 Å². The van der Waals surface area contributed by atoms with Crippen molar-refractivity contribution in [3.8, 4) is 17.2 Å². The number of carboxylic acid groups (broad SMARTS) is 3. The minimum absolute atomic E-state index is 0.0833. The van der Waals surface area contributed by atoms with E-state index in [4.69, 9.17) is 30.6 Å². The minimum Gasteiger partial charge on any atom is -0.504 e. The van der Waals surface area contributed by atoms with Crippen LogP contribution in [0.3, 0.4) is 0 Å². The van der Waals surface area contributed by atoms with Gasteiger partial charge in [0.25, 0.3) is 0 Å². The highest BCUT2D eigenvalue weighted by atomic mass is 16.4. The van der Waals surface area contributed by atoms with Crippen LogP contribution in [-0.4, -0.2) is 48.5 Å². The van der Waals surface area contributed by atoms with E-state index in [1.165, 1.54) is 24.3 Å². The van der Waals surface area contributed by atoms with Gasteiger partial charge in [0.1, 0.15) is 0 Å². The SMILES string of the molecule is O=C(O)c1cc(O)c(O)c(O)c1.O=C(O)c1ccc(C(=O)O)cc1. The number of phenols is 3. The second-order valence-electron chi connectivity index (χ2n) is 4.36. The smallest absolute Gasteiger partial charge is 0.335 e. The Morgan fingerprint density at radius 1 is 0.583 bits per heavy atom. The van der Waals surface area contributed by atoms with Gasteiger partial charge in [0.05, 0.1) is 16.7 Å². The van der Waals surface area contributed by atoms with Crippen LogP contribution in [0.25, 0.3) is 0 Å². The average molecular weight is 336 g/mol. The zero-order valence-corrected chi connectivity index (χ0v) is 11.9. The lowest BCUT2D eigenvalue weighted by Crippen LogP contribution is -1.99. The largest absolute Gasteiger partial charge is 0.504 e. The third kappa shape index (κ3) is 4.63. The molecule has 0 aromatic heterocycles.